The van der Waals surface area contributed by atoms with Crippen LogP contribution in [0.1, 0.15) is 46.0 Å². The van der Waals surface area contributed by atoms with Crippen LogP contribution in [0.2, 0.25) is 0 Å². The number of carbonyl (C=O) groups is 1. The Morgan fingerprint density at radius 2 is 2.20 bits per heavy atom. The topological polar surface area (TPSA) is 53.3 Å². The summed E-state index contributed by atoms with van der Waals surface area (Å²) in [7, 11) is 0. The van der Waals surface area contributed by atoms with Crippen LogP contribution in [0.4, 0.5) is 0 Å². The number of rotatable bonds is 3. The third-order valence-corrected chi connectivity index (χ3v) is 4.79. The minimum Gasteiger partial charge on any atom is -0.466 e. The molecule has 0 spiro atoms. The number of likely N-dealkylation sites (tertiary alicyclic amines) is 1. The van der Waals surface area contributed by atoms with Crippen LogP contribution in [0.5, 0.6) is 0 Å². The molecule has 0 aromatic heterocycles. The highest BCUT2D eigenvalue weighted by atomic mass is 16.5. The van der Waals surface area contributed by atoms with Crippen molar-refractivity contribution in [2.45, 2.75) is 52.0 Å². The molecule has 0 aromatic carbocycles. The van der Waals surface area contributed by atoms with Crippen LogP contribution < -0.4 is 0 Å². The van der Waals surface area contributed by atoms with Gasteiger partial charge in [0, 0.05) is 12.6 Å². The van der Waals surface area contributed by atoms with E-state index in [-0.39, 0.29) is 17.8 Å². The molecule has 2 fully saturated rings. The molecular formula is C16H26N2O2. The summed E-state index contributed by atoms with van der Waals surface area (Å²) in [6, 6.07) is 2.82. The number of esters is 1. The molecule has 1 saturated heterocycles. The van der Waals surface area contributed by atoms with Crippen LogP contribution in [0.25, 0.3) is 0 Å². The molecule has 112 valence electrons. The molecule has 0 N–H and O–H groups in total. The number of nitriles is 1. The monoisotopic (exact) mass is 278 g/mol. The van der Waals surface area contributed by atoms with Gasteiger partial charge in [-0.2, -0.15) is 5.26 Å². The molecule has 0 amide bonds. The first-order chi connectivity index (χ1) is 9.65. The molecule has 0 aromatic rings. The van der Waals surface area contributed by atoms with E-state index in [0.29, 0.717) is 18.6 Å². The van der Waals surface area contributed by atoms with Gasteiger partial charge in [0.05, 0.1) is 24.5 Å². The van der Waals surface area contributed by atoms with Gasteiger partial charge in [-0.1, -0.05) is 6.92 Å². The van der Waals surface area contributed by atoms with Crippen LogP contribution in [0.15, 0.2) is 0 Å². The summed E-state index contributed by atoms with van der Waals surface area (Å²) in [6.07, 6.45) is 5.21. The summed E-state index contributed by atoms with van der Waals surface area (Å²) in [4.78, 5) is 14.3. The second kappa shape index (κ2) is 7.08. The van der Waals surface area contributed by atoms with Crippen LogP contribution in [0, 0.1) is 29.1 Å². The van der Waals surface area contributed by atoms with Crippen LogP contribution >= 0.6 is 0 Å². The second-order valence-electron chi connectivity index (χ2n) is 6.31. The van der Waals surface area contributed by atoms with E-state index >= 15 is 0 Å². The Hall–Kier alpha value is -1.08. The minimum atomic E-state index is -0.0606. The minimum absolute atomic E-state index is 0.000255. The highest BCUT2D eigenvalue weighted by molar-refractivity contribution is 5.72. The summed E-state index contributed by atoms with van der Waals surface area (Å²) in [5, 5.41) is 9.37. The Balaban J connectivity index is 2.00. The van der Waals surface area contributed by atoms with Crippen molar-refractivity contribution in [1.82, 2.24) is 4.90 Å². The molecular weight excluding hydrogens is 252 g/mol. The van der Waals surface area contributed by atoms with Gasteiger partial charge in [-0.3, -0.25) is 9.69 Å². The Morgan fingerprint density at radius 3 is 2.90 bits per heavy atom. The Bertz CT molecular complexity index is 377. The van der Waals surface area contributed by atoms with Gasteiger partial charge in [0.25, 0.3) is 0 Å². The lowest BCUT2D eigenvalue weighted by molar-refractivity contribution is -0.150. The number of hydrogen-bond acceptors (Lipinski definition) is 4. The van der Waals surface area contributed by atoms with Crippen molar-refractivity contribution < 1.29 is 9.53 Å². The van der Waals surface area contributed by atoms with Gasteiger partial charge in [-0.25, -0.2) is 0 Å². The van der Waals surface area contributed by atoms with Gasteiger partial charge in [-0.15, -0.1) is 0 Å². The Kier molecular flexibility index (Phi) is 5.42. The van der Waals surface area contributed by atoms with E-state index in [4.69, 9.17) is 4.74 Å². The molecule has 4 heteroatoms. The van der Waals surface area contributed by atoms with E-state index in [1.54, 1.807) is 0 Å². The highest BCUT2D eigenvalue weighted by Gasteiger charge is 2.37. The molecule has 4 unspecified atom stereocenters. The Morgan fingerprint density at radius 1 is 1.40 bits per heavy atom. The molecule has 1 saturated carbocycles. The van der Waals surface area contributed by atoms with E-state index in [2.05, 4.69) is 17.9 Å². The number of carbonyl (C=O) groups excluding carboxylic acids is 1. The molecule has 20 heavy (non-hydrogen) atoms. The van der Waals surface area contributed by atoms with Gasteiger partial charge in [-0.05, 0) is 51.5 Å². The first-order valence-corrected chi connectivity index (χ1v) is 7.96. The third-order valence-electron chi connectivity index (χ3n) is 4.79. The fourth-order valence-electron chi connectivity index (χ4n) is 3.67. The SMILES string of the molecule is CCOC(=O)C1CCCN(C2CC(C)CCC2C#N)C1. The zero-order chi connectivity index (χ0) is 14.5. The summed E-state index contributed by atoms with van der Waals surface area (Å²) in [5.41, 5.74) is 0. The Labute approximate surface area is 122 Å². The predicted octanol–water partition coefficient (Wildman–Crippen LogP) is 2.59. The lowest BCUT2D eigenvalue weighted by atomic mass is 9.78. The first-order valence-electron chi connectivity index (χ1n) is 7.96. The summed E-state index contributed by atoms with van der Waals surface area (Å²) >= 11 is 0. The summed E-state index contributed by atoms with van der Waals surface area (Å²) in [5.74, 6) is 0.759. The standard InChI is InChI=1S/C16H26N2O2/c1-3-20-16(19)14-5-4-8-18(11-14)15-9-12(2)6-7-13(15)10-17/h12-15H,3-9,11H2,1-2H3. The first kappa shape index (κ1) is 15.3. The molecule has 1 heterocycles. The zero-order valence-corrected chi connectivity index (χ0v) is 12.7. The number of nitrogens with zero attached hydrogens (tertiary/aromatic N) is 2. The predicted molar refractivity (Wildman–Crippen MR) is 76.8 cm³/mol. The van der Waals surface area contributed by atoms with Crippen LogP contribution in [0.3, 0.4) is 0 Å². The van der Waals surface area contributed by atoms with Crippen molar-refractivity contribution in [1.29, 1.82) is 5.26 Å². The van der Waals surface area contributed by atoms with E-state index in [1.807, 2.05) is 6.92 Å². The smallest absolute Gasteiger partial charge is 0.310 e. The van der Waals surface area contributed by atoms with Crippen molar-refractivity contribution in [2.24, 2.45) is 17.8 Å². The maximum atomic E-state index is 11.9. The zero-order valence-electron chi connectivity index (χ0n) is 12.7. The molecule has 4 nitrogen and oxygen atoms in total. The molecule has 1 aliphatic carbocycles. The van der Waals surface area contributed by atoms with Gasteiger partial charge >= 0.3 is 5.97 Å². The van der Waals surface area contributed by atoms with Gasteiger partial charge in [0.2, 0.25) is 0 Å². The maximum Gasteiger partial charge on any atom is 0.310 e. The summed E-state index contributed by atoms with van der Waals surface area (Å²) in [6.45, 7) is 6.37. The van der Waals surface area contributed by atoms with Gasteiger partial charge in [0.1, 0.15) is 0 Å². The van der Waals surface area contributed by atoms with Gasteiger partial charge < -0.3 is 4.74 Å². The number of piperidine rings is 1. The van der Waals surface area contributed by atoms with E-state index in [1.165, 1.54) is 0 Å². The van der Waals surface area contributed by atoms with Crippen molar-refractivity contribution in [3.05, 3.63) is 0 Å². The molecule has 2 rings (SSSR count). The molecule has 0 radical (unpaired) electrons. The average Bonchev–Trinajstić information content (AvgIpc) is 2.47. The maximum absolute atomic E-state index is 11.9. The third kappa shape index (κ3) is 3.52. The van der Waals surface area contributed by atoms with Crippen molar-refractivity contribution >= 4 is 5.97 Å². The largest absolute Gasteiger partial charge is 0.466 e. The number of ether oxygens (including phenoxy) is 1. The van der Waals surface area contributed by atoms with Crippen LogP contribution in [-0.2, 0) is 9.53 Å². The van der Waals surface area contributed by atoms with Gasteiger partial charge in [0.15, 0.2) is 0 Å². The van der Waals surface area contributed by atoms with Crippen molar-refractivity contribution in [3.63, 3.8) is 0 Å². The fourth-order valence-corrected chi connectivity index (χ4v) is 3.67. The number of hydrogen-bond donors (Lipinski definition) is 0. The normalized spacial score (nSPS) is 35.2. The van der Waals surface area contributed by atoms with E-state index in [0.717, 1.165) is 45.2 Å². The lowest BCUT2D eigenvalue weighted by Crippen LogP contribution is -2.49. The average molecular weight is 278 g/mol. The molecule has 0 bridgehead atoms. The lowest BCUT2D eigenvalue weighted by Gasteiger charge is -2.42. The van der Waals surface area contributed by atoms with E-state index in [9.17, 15) is 10.1 Å². The highest BCUT2D eigenvalue weighted by Crippen LogP contribution is 2.34. The quantitative estimate of drug-likeness (QED) is 0.745. The van der Waals surface area contributed by atoms with Crippen LogP contribution in [-0.4, -0.2) is 36.6 Å². The summed E-state index contributed by atoms with van der Waals surface area (Å²) < 4.78 is 5.16. The van der Waals surface area contributed by atoms with E-state index < -0.39 is 0 Å². The van der Waals surface area contributed by atoms with Crippen molar-refractivity contribution in [2.75, 3.05) is 19.7 Å². The van der Waals surface area contributed by atoms with Crippen molar-refractivity contribution in [3.8, 4) is 6.07 Å². The fraction of sp³-hybridized carbons (Fsp3) is 0.875. The molecule has 4 atom stereocenters. The molecule has 1 aliphatic heterocycles. The molecule has 2 aliphatic rings. The second-order valence-corrected chi connectivity index (χ2v) is 6.31.